The van der Waals surface area contributed by atoms with Gasteiger partial charge in [0.15, 0.2) is 0 Å². The normalized spacial score (nSPS) is 14.9. The van der Waals surface area contributed by atoms with Gasteiger partial charge in [-0.25, -0.2) is 0 Å². The van der Waals surface area contributed by atoms with Gasteiger partial charge >= 0.3 is 0 Å². The van der Waals surface area contributed by atoms with Gasteiger partial charge in [0.05, 0.1) is 11.1 Å². The van der Waals surface area contributed by atoms with Crippen molar-refractivity contribution in [1.29, 1.82) is 0 Å². The summed E-state index contributed by atoms with van der Waals surface area (Å²) in [5.74, 6) is 0.0589. The summed E-state index contributed by atoms with van der Waals surface area (Å²) in [5.41, 5.74) is 4.38. The van der Waals surface area contributed by atoms with Crippen LogP contribution < -0.4 is 0 Å². The van der Waals surface area contributed by atoms with Crippen molar-refractivity contribution in [3.8, 4) is 22.4 Å². The van der Waals surface area contributed by atoms with Crippen molar-refractivity contribution < 1.29 is 9.59 Å². The Kier molecular flexibility index (Phi) is 7.41. The summed E-state index contributed by atoms with van der Waals surface area (Å²) in [6.07, 6.45) is 1.17. The summed E-state index contributed by atoms with van der Waals surface area (Å²) >= 11 is 18.9. The van der Waals surface area contributed by atoms with E-state index < -0.39 is 5.41 Å². The third-order valence-corrected chi connectivity index (χ3v) is 8.50. The van der Waals surface area contributed by atoms with Crippen molar-refractivity contribution in [1.82, 2.24) is 9.47 Å². The second kappa shape index (κ2) is 10.6. The maximum absolute atomic E-state index is 13.9. The standard InChI is InChI=1S/C31H27Cl3N2O2/c1-20(37)31(22-6-4-3-5-7-22)14-16-36(17-15-31)30(38)28-19-26(25-13-12-24(33)18-27(25)34)29(35(28)2)21-8-10-23(32)11-9-21/h3-13,18-19H,14-17H2,1-2H3. The zero-order chi connectivity index (χ0) is 27.0. The van der Waals surface area contributed by atoms with Gasteiger partial charge in [-0.3, -0.25) is 9.59 Å². The minimum Gasteiger partial charge on any atom is -0.339 e. The summed E-state index contributed by atoms with van der Waals surface area (Å²) in [5, 5.41) is 1.68. The zero-order valence-corrected chi connectivity index (χ0v) is 23.4. The lowest BCUT2D eigenvalue weighted by atomic mass is 9.70. The number of likely N-dealkylation sites (tertiary alicyclic amines) is 1. The number of Topliss-reactive ketones (excluding diaryl/α,β-unsaturated/α-hetero) is 1. The van der Waals surface area contributed by atoms with Crippen molar-refractivity contribution in [2.24, 2.45) is 7.05 Å². The number of benzene rings is 3. The van der Waals surface area contributed by atoms with Crippen LogP contribution in [0.4, 0.5) is 0 Å². The molecular weight excluding hydrogens is 539 g/mol. The Labute approximate surface area is 237 Å². The van der Waals surface area contributed by atoms with E-state index in [1.807, 2.05) is 83.2 Å². The molecule has 3 aromatic carbocycles. The Morgan fingerprint density at radius 2 is 1.42 bits per heavy atom. The molecule has 194 valence electrons. The summed E-state index contributed by atoms with van der Waals surface area (Å²) in [6.45, 7) is 2.64. The van der Waals surface area contributed by atoms with E-state index in [0.29, 0.717) is 46.7 Å². The van der Waals surface area contributed by atoms with Crippen molar-refractivity contribution in [2.45, 2.75) is 25.2 Å². The highest BCUT2D eigenvalue weighted by molar-refractivity contribution is 6.36. The smallest absolute Gasteiger partial charge is 0.270 e. The first-order valence-electron chi connectivity index (χ1n) is 12.5. The summed E-state index contributed by atoms with van der Waals surface area (Å²) in [4.78, 5) is 28.6. The van der Waals surface area contributed by atoms with E-state index in [9.17, 15) is 9.59 Å². The van der Waals surface area contributed by atoms with E-state index in [-0.39, 0.29) is 11.7 Å². The van der Waals surface area contributed by atoms with Gasteiger partial charge in [0, 0.05) is 46.3 Å². The molecule has 1 saturated heterocycles. The van der Waals surface area contributed by atoms with Crippen LogP contribution in [-0.4, -0.2) is 34.2 Å². The number of hydrogen-bond acceptors (Lipinski definition) is 2. The number of piperidine rings is 1. The van der Waals surface area contributed by atoms with E-state index in [0.717, 1.165) is 27.9 Å². The van der Waals surface area contributed by atoms with Crippen molar-refractivity contribution >= 4 is 46.5 Å². The predicted molar refractivity (Wildman–Crippen MR) is 155 cm³/mol. The average molecular weight is 566 g/mol. The Hall–Kier alpha value is -3.05. The number of ketones is 1. The quantitative estimate of drug-likeness (QED) is 0.245. The third-order valence-electron chi connectivity index (χ3n) is 7.70. The van der Waals surface area contributed by atoms with E-state index >= 15 is 0 Å². The van der Waals surface area contributed by atoms with E-state index in [4.69, 9.17) is 34.8 Å². The summed E-state index contributed by atoms with van der Waals surface area (Å²) < 4.78 is 1.91. The summed E-state index contributed by atoms with van der Waals surface area (Å²) in [7, 11) is 1.89. The zero-order valence-electron chi connectivity index (χ0n) is 21.2. The number of amides is 1. The number of hydrogen-bond donors (Lipinski definition) is 0. The van der Waals surface area contributed by atoms with Gasteiger partial charge in [-0.1, -0.05) is 83.3 Å². The van der Waals surface area contributed by atoms with Crippen molar-refractivity contribution in [3.63, 3.8) is 0 Å². The highest BCUT2D eigenvalue weighted by atomic mass is 35.5. The number of nitrogens with zero attached hydrogens (tertiary/aromatic N) is 2. The van der Waals surface area contributed by atoms with Gasteiger partial charge < -0.3 is 9.47 Å². The van der Waals surface area contributed by atoms with Crippen LogP contribution in [0.5, 0.6) is 0 Å². The van der Waals surface area contributed by atoms with Crippen LogP contribution in [0.25, 0.3) is 22.4 Å². The molecule has 7 heteroatoms. The van der Waals surface area contributed by atoms with Crippen LogP contribution in [0.2, 0.25) is 15.1 Å². The number of carbonyl (C=O) groups excluding carboxylic acids is 2. The second-order valence-corrected chi connectivity index (χ2v) is 11.1. The lowest BCUT2D eigenvalue weighted by Gasteiger charge is -2.40. The lowest BCUT2D eigenvalue weighted by molar-refractivity contribution is -0.124. The minimum absolute atomic E-state index is 0.0794. The molecule has 1 aromatic heterocycles. The molecule has 1 aliphatic rings. The highest BCUT2D eigenvalue weighted by Gasteiger charge is 2.41. The molecule has 0 N–H and O–H groups in total. The molecule has 1 fully saturated rings. The second-order valence-electron chi connectivity index (χ2n) is 9.78. The van der Waals surface area contributed by atoms with Gasteiger partial charge in [0.1, 0.15) is 11.5 Å². The van der Waals surface area contributed by atoms with E-state index in [1.165, 1.54) is 0 Å². The molecular formula is C31H27Cl3N2O2. The van der Waals surface area contributed by atoms with Crippen LogP contribution in [0.3, 0.4) is 0 Å². The molecule has 0 saturated carbocycles. The monoisotopic (exact) mass is 564 g/mol. The first-order valence-corrected chi connectivity index (χ1v) is 13.6. The molecule has 1 amide bonds. The van der Waals surface area contributed by atoms with Crippen LogP contribution in [0.1, 0.15) is 35.8 Å². The predicted octanol–water partition coefficient (Wildman–Crippen LogP) is 8.08. The molecule has 0 atom stereocenters. The number of aromatic nitrogens is 1. The Balaban J connectivity index is 1.52. The van der Waals surface area contributed by atoms with Crippen molar-refractivity contribution in [2.75, 3.05) is 13.1 Å². The van der Waals surface area contributed by atoms with Gasteiger partial charge in [-0.15, -0.1) is 0 Å². The van der Waals surface area contributed by atoms with Gasteiger partial charge in [-0.2, -0.15) is 0 Å². The molecule has 38 heavy (non-hydrogen) atoms. The molecule has 2 heterocycles. The highest BCUT2D eigenvalue weighted by Crippen LogP contribution is 2.41. The maximum Gasteiger partial charge on any atom is 0.270 e. The molecule has 0 aliphatic carbocycles. The Morgan fingerprint density at radius 1 is 0.789 bits per heavy atom. The van der Waals surface area contributed by atoms with Crippen LogP contribution in [0.15, 0.2) is 78.9 Å². The Morgan fingerprint density at radius 3 is 2.03 bits per heavy atom. The fourth-order valence-corrected chi connectivity index (χ4v) is 6.17. The average Bonchev–Trinajstić information content (AvgIpc) is 3.25. The molecule has 4 nitrogen and oxygen atoms in total. The molecule has 1 aliphatic heterocycles. The van der Waals surface area contributed by atoms with E-state index in [1.54, 1.807) is 19.1 Å². The van der Waals surface area contributed by atoms with Gasteiger partial charge in [0.25, 0.3) is 5.91 Å². The van der Waals surface area contributed by atoms with Crippen LogP contribution >= 0.6 is 34.8 Å². The van der Waals surface area contributed by atoms with Crippen LogP contribution in [-0.2, 0) is 17.3 Å². The Bertz CT molecular complexity index is 1500. The fourth-order valence-electron chi connectivity index (χ4n) is 5.53. The fraction of sp³-hybridized carbons (Fsp3) is 0.226. The van der Waals surface area contributed by atoms with Crippen molar-refractivity contribution in [3.05, 3.63) is 105 Å². The SMILES string of the molecule is CC(=O)C1(c2ccccc2)CCN(C(=O)c2cc(-c3ccc(Cl)cc3Cl)c(-c3ccc(Cl)cc3)n2C)CC1. The first kappa shape index (κ1) is 26.6. The number of rotatable bonds is 5. The first-order chi connectivity index (χ1) is 18.2. The topological polar surface area (TPSA) is 42.3 Å². The molecule has 5 rings (SSSR count). The maximum atomic E-state index is 13.9. The molecule has 0 radical (unpaired) electrons. The van der Waals surface area contributed by atoms with E-state index in [2.05, 4.69) is 0 Å². The number of carbonyl (C=O) groups is 2. The summed E-state index contributed by atoms with van der Waals surface area (Å²) in [6, 6.07) is 24.7. The van der Waals surface area contributed by atoms with Gasteiger partial charge in [-0.05, 0) is 61.2 Å². The molecule has 0 unspecified atom stereocenters. The largest absolute Gasteiger partial charge is 0.339 e. The molecule has 0 spiro atoms. The molecule has 0 bridgehead atoms. The third kappa shape index (κ3) is 4.77. The minimum atomic E-state index is -0.567. The molecule has 4 aromatic rings. The number of halogens is 3. The van der Waals surface area contributed by atoms with Crippen LogP contribution in [0, 0.1) is 0 Å². The van der Waals surface area contributed by atoms with Gasteiger partial charge in [0.2, 0.25) is 0 Å². The lowest BCUT2D eigenvalue weighted by Crippen LogP contribution is -2.48.